The number of fused-ring (bicyclic) bond motifs is 5. The van der Waals surface area contributed by atoms with Gasteiger partial charge in [0.05, 0.1) is 24.0 Å². The van der Waals surface area contributed by atoms with Gasteiger partial charge in [-0.1, -0.05) is 0 Å². The first-order chi connectivity index (χ1) is 11.9. The molecule has 6 unspecified atom stereocenters. The van der Waals surface area contributed by atoms with Crippen LogP contribution in [-0.2, 0) is 19.1 Å². The summed E-state index contributed by atoms with van der Waals surface area (Å²) in [5.41, 5.74) is 5.96. The van der Waals surface area contributed by atoms with Crippen LogP contribution in [0, 0.1) is 17.8 Å². The van der Waals surface area contributed by atoms with E-state index in [4.69, 9.17) is 10.5 Å². The van der Waals surface area contributed by atoms with Crippen LogP contribution in [0.3, 0.4) is 0 Å². The van der Waals surface area contributed by atoms with E-state index in [0.717, 1.165) is 25.7 Å². The van der Waals surface area contributed by atoms with Crippen LogP contribution in [0.5, 0.6) is 0 Å². The number of ether oxygens (including phenoxy) is 1. The molecule has 4 saturated heterocycles. The number of amides is 3. The van der Waals surface area contributed by atoms with Gasteiger partial charge in [-0.2, -0.15) is 0 Å². The Bertz CT molecular complexity index is 577. The van der Waals surface area contributed by atoms with Crippen LogP contribution in [0.25, 0.3) is 0 Å². The van der Waals surface area contributed by atoms with Crippen LogP contribution >= 0.6 is 12.4 Å². The minimum atomic E-state index is -0.725. The number of hydrogen-bond donors (Lipinski definition) is 1. The molecule has 0 aromatic carbocycles. The number of likely N-dealkylation sites (tertiary alicyclic amines) is 2. The molecule has 4 heterocycles. The fourth-order valence-corrected chi connectivity index (χ4v) is 5.14. The van der Waals surface area contributed by atoms with Gasteiger partial charge in [-0.15, -0.1) is 12.4 Å². The average molecular weight is 386 g/mol. The number of nitrogens with two attached hydrogens (primary N) is 1. The predicted octanol–water partition coefficient (Wildman–Crippen LogP) is 0.545. The number of imide groups is 1. The standard InChI is InChI=1S/C18H27N3O4.ClH/c1-9(19)11-5-7-20(8-6-11)16(22)10(2)21-17(23)14-12-3-4-13(25-12)15(14)18(21)24;/h9-15H,3-8,19H2,1-2H3;1H. The maximum Gasteiger partial charge on any atom is 0.245 e. The summed E-state index contributed by atoms with van der Waals surface area (Å²) in [6.45, 7) is 4.97. The molecule has 6 atom stereocenters. The maximum absolute atomic E-state index is 12.9. The summed E-state index contributed by atoms with van der Waals surface area (Å²) in [6.07, 6.45) is 3.15. The molecule has 0 aliphatic carbocycles. The van der Waals surface area contributed by atoms with E-state index in [1.54, 1.807) is 11.8 Å². The van der Waals surface area contributed by atoms with Gasteiger partial charge >= 0.3 is 0 Å². The molecule has 0 saturated carbocycles. The van der Waals surface area contributed by atoms with Crippen LogP contribution in [-0.4, -0.2) is 64.9 Å². The summed E-state index contributed by atoms with van der Waals surface area (Å²) < 4.78 is 5.74. The van der Waals surface area contributed by atoms with E-state index < -0.39 is 6.04 Å². The third-order valence-electron chi connectivity index (χ3n) is 6.66. The fraction of sp³-hybridized carbons (Fsp3) is 0.833. The van der Waals surface area contributed by atoms with Crippen LogP contribution in [0.4, 0.5) is 0 Å². The van der Waals surface area contributed by atoms with Crippen molar-refractivity contribution in [1.82, 2.24) is 9.80 Å². The zero-order valence-corrected chi connectivity index (χ0v) is 16.1. The summed E-state index contributed by atoms with van der Waals surface area (Å²) >= 11 is 0. The molecule has 2 N–H and O–H groups in total. The van der Waals surface area contributed by atoms with Crippen molar-refractivity contribution in [3.63, 3.8) is 0 Å². The van der Waals surface area contributed by atoms with Crippen LogP contribution < -0.4 is 5.73 Å². The predicted molar refractivity (Wildman–Crippen MR) is 96.4 cm³/mol. The van der Waals surface area contributed by atoms with E-state index in [9.17, 15) is 14.4 Å². The van der Waals surface area contributed by atoms with Crippen LogP contribution in [0.1, 0.15) is 39.5 Å². The highest BCUT2D eigenvalue weighted by Crippen LogP contribution is 2.49. The molecule has 4 fully saturated rings. The molecule has 0 spiro atoms. The largest absolute Gasteiger partial charge is 0.373 e. The minimum Gasteiger partial charge on any atom is -0.373 e. The Morgan fingerprint density at radius 2 is 1.54 bits per heavy atom. The Morgan fingerprint density at radius 1 is 1.04 bits per heavy atom. The molecule has 0 radical (unpaired) electrons. The third kappa shape index (κ3) is 2.84. The number of hydrogen-bond acceptors (Lipinski definition) is 5. The second-order valence-corrected chi connectivity index (χ2v) is 8.09. The monoisotopic (exact) mass is 385 g/mol. The molecule has 0 aromatic heterocycles. The van der Waals surface area contributed by atoms with Crippen molar-refractivity contribution < 1.29 is 19.1 Å². The van der Waals surface area contributed by atoms with Gasteiger partial charge in [0.15, 0.2) is 0 Å². The Kier molecular flexibility index (Phi) is 5.34. The lowest BCUT2D eigenvalue weighted by Crippen LogP contribution is -2.53. The first-order valence-electron chi connectivity index (χ1n) is 9.47. The molecule has 3 amide bonds. The van der Waals surface area contributed by atoms with Crippen molar-refractivity contribution in [2.24, 2.45) is 23.5 Å². The van der Waals surface area contributed by atoms with Crippen LogP contribution in [0.2, 0.25) is 0 Å². The van der Waals surface area contributed by atoms with Gasteiger partial charge in [-0.3, -0.25) is 19.3 Å². The zero-order valence-electron chi connectivity index (χ0n) is 15.3. The molecule has 4 aliphatic heterocycles. The van der Waals surface area contributed by atoms with Crippen molar-refractivity contribution in [2.75, 3.05) is 13.1 Å². The van der Waals surface area contributed by atoms with Gasteiger partial charge in [0.1, 0.15) is 6.04 Å². The fourth-order valence-electron chi connectivity index (χ4n) is 5.14. The van der Waals surface area contributed by atoms with Crippen molar-refractivity contribution in [3.05, 3.63) is 0 Å². The lowest BCUT2D eigenvalue weighted by Gasteiger charge is -2.36. The number of halogens is 1. The van der Waals surface area contributed by atoms with Gasteiger partial charge in [-0.05, 0) is 45.4 Å². The second-order valence-electron chi connectivity index (χ2n) is 8.09. The first kappa shape index (κ1) is 19.6. The molecular formula is C18H28ClN3O4. The van der Waals surface area contributed by atoms with Crippen LogP contribution in [0.15, 0.2) is 0 Å². The lowest BCUT2D eigenvalue weighted by atomic mass is 9.81. The number of nitrogens with zero attached hydrogens (tertiary/aromatic N) is 2. The Hall–Kier alpha value is -1.18. The Morgan fingerprint density at radius 3 is 2.00 bits per heavy atom. The molecular weight excluding hydrogens is 358 g/mol. The lowest BCUT2D eigenvalue weighted by molar-refractivity contribution is -0.153. The highest BCUT2D eigenvalue weighted by molar-refractivity contribution is 6.09. The highest BCUT2D eigenvalue weighted by atomic mass is 35.5. The third-order valence-corrected chi connectivity index (χ3v) is 6.66. The van der Waals surface area contributed by atoms with Crippen molar-refractivity contribution >= 4 is 30.1 Å². The van der Waals surface area contributed by atoms with E-state index in [0.29, 0.717) is 19.0 Å². The minimum absolute atomic E-state index is 0. The first-order valence-corrected chi connectivity index (χ1v) is 9.47. The quantitative estimate of drug-likeness (QED) is 0.716. The molecule has 7 nitrogen and oxygen atoms in total. The van der Waals surface area contributed by atoms with Gasteiger partial charge in [0.25, 0.3) is 0 Å². The highest BCUT2D eigenvalue weighted by Gasteiger charge is 2.63. The van der Waals surface area contributed by atoms with Crippen molar-refractivity contribution in [1.29, 1.82) is 0 Å². The zero-order chi connectivity index (χ0) is 17.9. The van der Waals surface area contributed by atoms with Gasteiger partial charge in [-0.25, -0.2) is 0 Å². The molecule has 4 rings (SSSR count). The second kappa shape index (κ2) is 7.09. The van der Waals surface area contributed by atoms with Crippen molar-refractivity contribution in [2.45, 2.75) is 63.8 Å². The van der Waals surface area contributed by atoms with E-state index in [1.165, 1.54) is 4.90 Å². The molecule has 2 bridgehead atoms. The normalized spacial score (nSPS) is 36.1. The Labute approximate surface area is 160 Å². The summed E-state index contributed by atoms with van der Waals surface area (Å²) in [5.74, 6) is -0.864. The topological polar surface area (TPSA) is 92.9 Å². The molecule has 26 heavy (non-hydrogen) atoms. The van der Waals surface area contributed by atoms with E-state index in [1.807, 2.05) is 6.92 Å². The Balaban J connectivity index is 0.00000196. The van der Waals surface area contributed by atoms with E-state index >= 15 is 0 Å². The van der Waals surface area contributed by atoms with Gasteiger partial charge in [0.2, 0.25) is 17.7 Å². The van der Waals surface area contributed by atoms with E-state index in [-0.39, 0.29) is 60.2 Å². The summed E-state index contributed by atoms with van der Waals surface area (Å²) in [5, 5.41) is 0. The van der Waals surface area contributed by atoms with Gasteiger partial charge in [0, 0.05) is 19.1 Å². The van der Waals surface area contributed by atoms with Crippen molar-refractivity contribution in [3.8, 4) is 0 Å². The number of carbonyl (C=O) groups is 3. The average Bonchev–Trinajstić information content (AvgIpc) is 3.28. The molecule has 4 aliphatic rings. The molecule has 8 heteroatoms. The van der Waals surface area contributed by atoms with E-state index in [2.05, 4.69) is 0 Å². The summed E-state index contributed by atoms with van der Waals surface area (Å²) in [4.78, 5) is 41.5. The molecule has 146 valence electrons. The number of carbonyl (C=O) groups excluding carboxylic acids is 3. The number of rotatable bonds is 3. The van der Waals surface area contributed by atoms with Gasteiger partial charge < -0.3 is 15.4 Å². The maximum atomic E-state index is 12.9. The summed E-state index contributed by atoms with van der Waals surface area (Å²) in [6, 6.07) is -0.594. The smallest absolute Gasteiger partial charge is 0.245 e. The summed E-state index contributed by atoms with van der Waals surface area (Å²) in [7, 11) is 0. The number of piperidine rings is 1. The SMILES string of the molecule is CC(N)C1CCN(C(=O)C(C)N2C(=O)C3C4CCC(O4)C3C2=O)CC1.Cl. The molecule has 0 aromatic rings.